The normalized spacial score (nSPS) is 12.3. The Hall–Kier alpha value is -2.86. The molecule has 0 aliphatic heterocycles. The summed E-state index contributed by atoms with van der Waals surface area (Å²) < 4.78 is 7.29. The fourth-order valence-corrected chi connectivity index (χ4v) is 3.19. The van der Waals surface area contributed by atoms with Gasteiger partial charge in [0.25, 0.3) is 0 Å². The number of aryl methyl sites for hydroxylation is 1. The van der Waals surface area contributed by atoms with Crippen LogP contribution in [0.1, 0.15) is 35.7 Å². The number of nitrogens with zero attached hydrogens (tertiary/aromatic N) is 3. The van der Waals surface area contributed by atoms with Crippen molar-refractivity contribution in [3.63, 3.8) is 0 Å². The van der Waals surface area contributed by atoms with E-state index in [-0.39, 0.29) is 11.9 Å². The Morgan fingerprint density at radius 3 is 2.63 bits per heavy atom. The summed E-state index contributed by atoms with van der Waals surface area (Å²) >= 11 is 0. The third-order valence-corrected chi connectivity index (χ3v) is 4.63. The van der Waals surface area contributed by atoms with Crippen LogP contribution in [0.2, 0.25) is 0 Å². The number of carbonyl (C=O) groups is 1. The van der Waals surface area contributed by atoms with Gasteiger partial charge < -0.3 is 9.73 Å². The van der Waals surface area contributed by atoms with Crippen molar-refractivity contribution < 1.29 is 9.21 Å². The molecule has 0 spiro atoms. The number of rotatable bonds is 7. The average molecular weight is 366 g/mol. The molecule has 2 heterocycles. The smallest absolute Gasteiger partial charge is 0.234 e. The van der Waals surface area contributed by atoms with Crippen molar-refractivity contribution in [2.24, 2.45) is 0 Å². The zero-order valence-electron chi connectivity index (χ0n) is 16.3. The van der Waals surface area contributed by atoms with Gasteiger partial charge in [-0.1, -0.05) is 18.2 Å². The van der Waals surface area contributed by atoms with Crippen LogP contribution in [0.25, 0.3) is 5.69 Å². The zero-order valence-corrected chi connectivity index (χ0v) is 16.3. The van der Waals surface area contributed by atoms with Crippen LogP contribution in [-0.4, -0.2) is 34.2 Å². The number of likely N-dealkylation sites (N-methyl/N-ethyl adjacent to an activating group) is 1. The largest absolute Gasteiger partial charge is 0.467 e. The summed E-state index contributed by atoms with van der Waals surface area (Å²) in [6.45, 7) is 6.95. The molecule has 0 fully saturated rings. The Labute approximate surface area is 159 Å². The highest BCUT2D eigenvalue weighted by Crippen LogP contribution is 2.19. The van der Waals surface area contributed by atoms with Gasteiger partial charge in [0.05, 0.1) is 30.2 Å². The SMILES string of the molecule is Cc1nn(-c2ccccc2)c(C)c1CN(C)CC(=O)NC(C)c1ccco1. The molecule has 1 unspecified atom stereocenters. The third-order valence-electron chi connectivity index (χ3n) is 4.63. The number of hydrogen-bond acceptors (Lipinski definition) is 4. The molecular formula is C21H26N4O2. The maximum atomic E-state index is 12.3. The highest BCUT2D eigenvalue weighted by atomic mass is 16.3. The van der Waals surface area contributed by atoms with Gasteiger partial charge in [0.2, 0.25) is 5.91 Å². The molecule has 0 bridgehead atoms. The number of hydrogen-bond donors (Lipinski definition) is 1. The number of amides is 1. The minimum Gasteiger partial charge on any atom is -0.467 e. The second-order valence-electron chi connectivity index (χ2n) is 6.87. The first kappa shape index (κ1) is 18.9. The van der Waals surface area contributed by atoms with Crippen LogP contribution in [0.5, 0.6) is 0 Å². The number of carbonyl (C=O) groups excluding carboxylic acids is 1. The topological polar surface area (TPSA) is 63.3 Å². The van der Waals surface area contributed by atoms with E-state index in [9.17, 15) is 4.79 Å². The molecule has 0 radical (unpaired) electrons. The molecule has 1 N–H and O–H groups in total. The molecule has 3 rings (SSSR count). The standard InChI is InChI=1S/C21H26N4O2/c1-15-19(17(3)25(23-15)18-9-6-5-7-10-18)13-24(4)14-21(26)22-16(2)20-11-8-12-27-20/h5-12,16H,13-14H2,1-4H3,(H,22,26). The van der Waals surface area contributed by atoms with Crippen molar-refractivity contribution in [2.75, 3.05) is 13.6 Å². The molecule has 0 aliphatic carbocycles. The molecule has 27 heavy (non-hydrogen) atoms. The van der Waals surface area contributed by atoms with Crippen molar-refractivity contribution in [3.8, 4) is 5.69 Å². The number of aromatic nitrogens is 2. The van der Waals surface area contributed by atoms with E-state index < -0.39 is 0 Å². The summed E-state index contributed by atoms with van der Waals surface area (Å²) in [5, 5.41) is 7.64. The third kappa shape index (κ3) is 4.46. The van der Waals surface area contributed by atoms with Crippen molar-refractivity contribution in [2.45, 2.75) is 33.4 Å². The van der Waals surface area contributed by atoms with Crippen molar-refractivity contribution in [1.29, 1.82) is 0 Å². The van der Waals surface area contributed by atoms with Crippen LogP contribution in [-0.2, 0) is 11.3 Å². The molecule has 0 aliphatic rings. The lowest BCUT2D eigenvalue weighted by atomic mass is 10.2. The van der Waals surface area contributed by atoms with Crippen LogP contribution in [0.15, 0.2) is 53.1 Å². The van der Waals surface area contributed by atoms with E-state index in [1.807, 2.05) is 72.9 Å². The minimum absolute atomic E-state index is 0.0350. The highest BCUT2D eigenvalue weighted by molar-refractivity contribution is 5.78. The van der Waals surface area contributed by atoms with E-state index in [1.165, 1.54) is 0 Å². The van der Waals surface area contributed by atoms with Gasteiger partial charge in [-0.15, -0.1) is 0 Å². The van der Waals surface area contributed by atoms with Crippen molar-refractivity contribution in [3.05, 3.63) is 71.4 Å². The number of furan rings is 1. The summed E-state index contributed by atoms with van der Waals surface area (Å²) in [7, 11) is 1.94. The van der Waals surface area contributed by atoms with Crippen molar-refractivity contribution >= 4 is 5.91 Å². The zero-order chi connectivity index (χ0) is 19.4. The molecule has 0 saturated heterocycles. The highest BCUT2D eigenvalue weighted by Gasteiger charge is 2.17. The average Bonchev–Trinajstić information content (AvgIpc) is 3.27. The Balaban J connectivity index is 1.63. The first-order valence-electron chi connectivity index (χ1n) is 9.07. The molecule has 1 atom stereocenters. The molecule has 6 heteroatoms. The predicted molar refractivity (Wildman–Crippen MR) is 105 cm³/mol. The minimum atomic E-state index is -0.148. The van der Waals surface area contributed by atoms with Crippen molar-refractivity contribution in [1.82, 2.24) is 20.0 Å². The van der Waals surface area contributed by atoms with E-state index in [2.05, 4.69) is 17.3 Å². The van der Waals surface area contributed by atoms with Crippen LogP contribution >= 0.6 is 0 Å². The summed E-state index contributed by atoms with van der Waals surface area (Å²) in [5.74, 6) is 0.717. The lowest BCUT2D eigenvalue weighted by Crippen LogP contribution is -2.36. The summed E-state index contributed by atoms with van der Waals surface area (Å²) in [6, 6.07) is 13.6. The van der Waals surface area contributed by atoms with Gasteiger partial charge in [0.15, 0.2) is 0 Å². The van der Waals surface area contributed by atoms with E-state index in [4.69, 9.17) is 4.42 Å². The lowest BCUT2D eigenvalue weighted by Gasteiger charge is -2.18. The number of benzene rings is 1. The van der Waals surface area contributed by atoms with Crippen LogP contribution in [0.4, 0.5) is 0 Å². The second-order valence-corrected chi connectivity index (χ2v) is 6.87. The fourth-order valence-electron chi connectivity index (χ4n) is 3.19. The van der Waals surface area contributed by atoms with E-state index in [1.54, 1.807) is 6.26 Å². The van der Waals surface area contributed by atoms with Crippen LogP contribution in [0.3, 0.4) is 0 Å². The summed E-state index contributed by atoms with van der Waals surface area (Å²) in [6.07, 6.45) is 1.61. The maximum absolute atomic E-state index is 12.3. The molecule has 6 nitrogen and oxygen atoms in total. The molecule has 1 amide bonds. The predicted octanol–water partition coefficient (Wildman–Crippen LogP) is 3.39. The summed E-state index contributed by atoms with van der Waals surface area (Å²) in [5.41, 5.74) is 4.26. The van der Waals surface area contributed by atoms with E-state index >= 15 is 0 Å². The van der Waals surface area contributed by atoms with Gasteiger partial charge in [0, 0.05) is 17.8 Å². The van der Waals surface area contributed by atoms with Gasteiger partial charge in [-0.05, 0) is 52.1 Å². The van der Waals surface area contributed by atoms with Gasteiger partial charge in [-0.25, -0.2) is 4.68 Å². The lowest BCUT2D eigenvalue weighted by molar-refractivity contribution is -0.122. The van der Waals surface area contributed by atoms with Crippen LogP contribution in [0, 0.1) is 13.8 Å². The van der Waals surface area contributed by atoms with Gasteiger partial charge in [-0.2, -0.15) is 5.10 Å². The molecule has 1 aromatic carbocycles. The molecule has 2 aromatic heterocycles. The Kier molecular flexibility index (Phi) is 5.76. The van der Waals surface area contributed by atoms with Crippen LogP contribution < -0.4 is 5.32 Å². The quantitative estimate of drug-likeness (QED) is 0.696. The Morgan fingerprint density at radius 1 is 1.22 bits per heavy atom. The number of nitrogens with one attached hydrogen (secondary N) is 1. The van der Waals surface area contributed by atoms with E-state index in [0.29, 0.717) is 13.1 Å². The molecule has 0 saturated carbocycles. The fraction of sp³-hybridized carbons (Fsp3) is 0.333. The first-order valence-corrected chi connectivity index (χ1v) is 9.07. The summed E-state index contributed by atoms with van der Waals surface area (Å²) in [4.78, 5) is 14.3. The monoisotopic (exact) mass is 366 g/mol. The second kappa shape index (κ2) is 8.22. The Bertz CT molecular complexity index is 885. The van der Waals surface area contributed by atoms with Gasteiger partial charge >= 0.3 is 0 Å². The van der Waals surface area contributed by atoms with E-state index in [0.717, 1.165) is 28.4 Å². The Morgan fingerprint density at radius 2 is 1.96 bits per heavy atom. The molecule has 142 valence electrons. The number of para-hydroxylation sites is 1. The maximum Gasteiger partial charge on any atom is 0.234 e. The van der Waals surface area contributed by atoms with Gasteiger partial charge in [0.1, 0.15) is 5.76 Å². The molecule has 3 aromatic rings. The molecular weight excluding hydrogens is 340 g/mol. The van der Waals surface area contributed by atoms with Gasteiger partial charge in [-0.3, -0.25) is 9.69 Å². The first-order chi connectivity index (χ1) is 13.0.